The number of rotatable bonds is 6. The summed E-state index contributed by atoms with van der Waals surface area (Å²) in [5, 5.41) is 11.3. The number of amides is 1. The Bertz CT molecular complexity index is 1600. The number of benzene rings is 2. The van der Waals surface area contributed by atoms with Crippen LogP contribution in [0.25, 0.3) is 11.4 Å². The number of imidazole rings is 1. The lowest BCUT2D eigenvalue weighted by Gasteiger charge is -2.38. The van der Waals surface area contributed by atoms with Crippen molar-refractivity contribution in [3.8, 4) is 11.4 Å². The first kappa shape index (κ1) is 29.0. The van der Waals surface area contributed by atoms with Crippen LogP contribution in [-0.4, -0.2) is 54.2 Å². The van der Waals surface area contributed by atoms with Gasteiger partial charge in [-0.15, -0.1) is 0 Å². The first-order valence-electron chi connectivity index (χ1n) is 11.9. The fraction of sp³-hybridized carbons (Fsp3) is 0.286. The van der Waals surface area contributed by atoms with E-state index in [1.165, 1.54) is 74.0 Å². The minimum atomic E-state index is -4.07. The minimum Gasteiger partial charge on any atom is -0.384 e. The maximum absolute atomic E-state index is 15.3. The highest BCUT2D eigenvalue weighted by Crippen LogP contribution is 2.45. The van der Waals surface area contributed by atoms with Crippen molar-refractivity contribution >= 4 is 38.9 Å². The second-order valence-electron chi connectivity index (χ2n) is 10.2. The number of likely N-dealkylation sites (N-methyl/N-ethyl adjacent to an activating group) is 1. The standard InChI is InChI=1S/C28H28Cl2FN3O4S/c1-27(2,36)22-16-34(25(32-22)24-20(30)10-7-11-21(24)31)28(26(35)33(3)4)13-12-18(15-23(28)39(5,37)38)17-8-6-9-19(29)14-17/h6-16,18,36H,1-5H3. The normalized spacial score (nSPS) is 19.6. The van der Waals surface area contributed by atoms with Crippen molar-refractivity contribution in [2.75, 3.05) is 20.4 Å². The van der Waals surface area contributed by atoms with Gasteiger partial charge in [0.15, 0.2) is 15.4 Å². The summed E-state index contributed by atoms with van der Waals surface area (Å²) in [7, 11) is -1.08. The summed E-state index contributed by atoms with van der Waals surface area (Å²) in [6.45, 7) is 2.96. The van der Waals surface area contributed by atoms with Crippen LogP contribution < -0.4 is 0 Å². The molecular formula is C28H28Cl2FN3O4S. The third kappa shape index (κ3) is 5.28. The van der Waals surface area contributed by atoms with Gasteiger partial charge in [0, 0.05) is 37.5 Å². The van der Waals surface area contributed by atoms with Gasteiger partial charge in [-0.3, -0.25) is 4.79 Å². The molecule has 0 spiro atoms. The number of halogens is 3. The van der Waals surface area contributed by atoms with Crippen LogP contribution in [0.4, 0.5) is 4.39 Å². The molecule has 0 saturated heterocycles. The number of allylic oxidation sites excluding steroid dienone is 2. The number of aromatic nitrogens is 2. The van der Waals surface area contributed by atoms with Gasteiger partial charge in [0.05, 0.1) is 21.2 Å². The maximum Gasteiger partial charge on any atom is 0.257 e. The Hall–Kier alpha value is -2.98. The van der Waals surface area contributed by atoms with E-state index in [-0.39, 0.29) is 27.0 Å². The van der Waals surface area contributed by atoms with Crippen LogP contribution in [0.1, 0.15) is 31.0 Å². The lowest BCUT2D eigenvalue weighted by molar-refractivity contribution is -0.134. The van der Waals surface area contributed by atoms with Crippen molar-refractivity contribution in [2.24, 2.45) is 0 Å². The molecule has 0 bridgehead atoms. The molecule has 7 nitrogen and oxygen atoms in total. The summed E-state index contributed by atoms with van der Waals surface area (Å²) in [6, 6.07) is 11.0. The monoisotopic (exact) mass is 591 g/mol. The summed E-state index contributed by atoms with van der Waals surface area (Å²) >= 11 is 12.6. The molecule has 1 aromatic heterocycles. The molecule has 2 aromatic carbocycles. The lowest BCUT2D eigenvalue weighted by atomic mass is 9.84. The third-order valence-electron chi connectivity index (χ3n) is 6.52. The molecule has 3 aromatic rings. The topological polar surface area (TPSA) is 92.5 Å². The zero-order valence-corrected chi connectivity index (χ0v) is 24.3. The van der Waals surface area contributed by atoms with Gasteiger partial charge in [0.25, 0.3) is 5.91 Å². The molecule has 0 aliphatic heterocycles. The number of carbonyl (C=O) groups is 1. The first-order chi connectivity index (χ1) is 18.1. The van der Waals surface area contributed by atoms with E-state index in [2.05, 4.69) is 4.98 Å². The number of hydrogen-bond acceptors (Lipinski definition) is 5. The van der Waals surface area contributed by atoms with Crippen molar-refractivity contribution in [2.45, 2.75) is 30.9 Å². The molecule has 0 radical (unpaired) electrons. The largest absolute Gasteiger partial charge is 0.384 e. The quantitative estimate of drug-likeness (QED) is 0.393. The Morgan fingerprint density at radius 3 is 2.41 bits per heavy atom. The summed E-state index contributed by atoms with van der Waals surface area (Å²) < 4.78 is 43.4. The molecule has 1 amide bonds. The zero-order valence-electron chi connectivity index (χ0n) is 22.0. The highest BCUT2D eigenvalue weighted by molar-refractivity contribution is 7.94. The van der Waals surface area contributed by atoms with Gasteiger partial charge in [-0.1, -0.05) is 53.6 Å². The molecule has 2 unspecified atom stereocenters. The number of sulfone groups is 1. The molecule has 1 heterocycles. The second-order valence-corrected chi connectivity index (χ2v) is 13.0. The van der Waals surface area contributed by atoms with Gasteiger partial charge in [0.2, 0.25) is 0 Å². The van der Waals surface area contributed by atoms with Crippen LogP contribution in [0.15, 0.2) is 71.8 Å². The van der Waals surface area contributed by atoms with E-state index in [1.807, 2.05) is 0 Å². The van der Waals surface area contributed by atoms with Gasteiger partial charge in [-0.25, -0.2) is 17.8 Å². The lowest BCUT2D eigenvalue weighted by Crippen LogP contribution is -2.51. The second kappa shape index (κ2) is 10.2. The molecule has 2 atom stereocenters. The van der Waals surface area contributed by atoms with Crippen molar-refractivity contribution in [3.05, 3.63) is 98.9 Å². The van der Waals surface area contributed by atoms with E-state index < -0.39 is 38.6 Å². The van der Waals surface area contributed by atoms with Gasteiger partial charge >= 0.3 is 0 Å². The smallest absolute Gasteiger partial charge is 0.257 e. The molecule has 4 rings (SSSR count). The minimum absolute atomic E-state index is 0.00178. The Balaban J connectivity index is 2.13. The molecule has 0 fully saturated rings. The molecule has 39 heavy (non-hydrogen) atoms. The zero-order chi connectivity index (χ0) is 28.9. The summed E-state index contributed by atoms with van der Waals surface area (Å²) in [5.41, 5.74) is -2.87. The molecule has 1 aliphatic carbocycles. The van der Waals surface area contributed by atoms with Crippen molar-refractivity contribution < 1.29 is 22.7 Å². The average Bonchev–Trinajstić information content (AvgIpc) is 3.28. The number of nitrogens with zero attached hydrogens (tertiary/aromatic N) is 3. The highest BCUT2D eigenvalue weighted by Gasteiger charge is 2.51. The van der Waals surface area contributed by atoms with E-state index in [0.717, 1.165) is 6.26 Å². The molecule has 1 N–H and O–H groups in total. The van der Waals surface area contributed by atoms with E-state index in [0.29, 0.717) is 10.6 Å². The first-order valence-corrected chi connectivity index (χ1v) is 14.6. The SMILES string of the molecule is CN(C)C(=O)C1(n2cc(C(C)(C)O)nc2-c2c(F)cccc2Cl)C=CC(c2cccc(Cl)c2)C=C1S(C)(=O)=O. The van der Waals surface area contributed by atoms with Crippen LogP contribution in [0, 0.1) is 5.82 Å². The Morgan fingerprint density at radius 1 is 1.18 bits per heavy atom. The fourth-order valence-corrected chi connectivity index (χ4v) is 6.31. The molecule has 0 saturated carbocycles. The van der Waals surface area contributed by atoms with Crippen LogP contribution in [0.2, 0.25) is 10.0 Å². The molecule has 1 aliphatic rings. The fourth-order valence-electron chi connectivity index (χ4n) is 4.65. The predicted molar refractivity (Wildman–Crippen MR) is 151 cm³/mol. The molecular weight excluding hydrogens is 564 g/mol. The van der Waals surface area contributed by atoms with Crippen LogP contribution >= 0.6 is 23.2 Å². The van der Waals surface area contributed by atoms with Gasteiger partial charge in [-0.2, -0.15) is 0 Å². The molecule has 11 heteroatoms. The van der Waals surface area contributed by atoms with Crippen LogP contribution in [-0.2, 0) is 25.8 Å². The van der Waals surface area contributed by atoms with E-state index >= 15 is 4.39 Å². The van der Waals surface area contributed by atoms with E-state index in [1.54, 1.807) is 30.3 Å². The Morgan fingerprint density at radius 2 is 1.85 bits per heavy atom. The van der Waals surface area contributed by atoms with E-state index in [4.69, 9.17) is 23.2 Å². The Kier molecular flexibility index (Phi) is 7.59. The van der Waals surface area contributed by atoms with Gasteiger partial charge in [0.1, 0.15) is 17.2 Å². The van der Waals surface area contributed by atoms with Crippen LogP contribution in [0.5, 0.6) is 0 Å². The number of hydrogen-bond donors (Lipinski definition) is 1. The summed E-state index contributed by atoms with van der Waals surface area (Å²) in [5.74, 6) is -2.01. The number of carbonyl (C=O) groups excluding carboxylic acids is 1. The van der Waals surface area contributed by atoms with Crippen molar-refractivity contribution in [3.63, 3.8) is 0 Å². The summed E-state index contributed by atoms with van der Waals surface area (Å²) in [4.78, 5) is 19.6. The summed E-state index contributed by atoms with van der Waals surface area (Å²) in [6.07, 6.45) is 7.03. The van der Waals surface area contributed by atoms with Crippen molar-refractivity contribution in [1.82, 2.24) is 14.5 Å². The highest BCUT2D eigenvalue weighted by atomic mass is 35.5. The van der Waals surface area contributed by atoms with Gasteiger partial charge < -0.3 is 14.6 Å². The Labute approximate surface area is 237 Å². The molecule has 206 valence electrons. The van der Waals surface area contributed by atoms with Crippen molar-refractivity contribution in [1.29, 1.82) is 0 Å². The van der Waals surface area contributed by atoms with E-state index in [9.17, 15) is 18.3 Å². The average molecular weight is 593 g/mol. The van der Waals surface area contributed by atoms with Gasteiger partial charge in [-0.05, 0) is 49.8 Å². The number of aliphatic hydroxyl groups is 1. The maximum atomic E-state index is 15.3. The predicted octanol–water partition coefficient (Wildman–Crippen LogP) is 5.29. The van der Waals surface area contributed by atoms with Crippen LogP contribution in [0.3, 0.4) is 0 Å². The third-order valence-corrected chi connectivity index (χ3v) is 8.31.